The fourth-order valence-corrected chi connectivity index (χ4v) is 3.40. The largest absolute Gasteiger partial charge is 0.488 e. The molecular weight excluding hydrogens is 376 g/mol. The van der Waals surface area contributed by atoms with Gasteiger partial charge in [0.15, 0.2) is 0 Å². The molecule has 0 aliphatic heterocycles. The summed E-state index contributed by atoms with van der Waals surface area (Å²) in [7, 11) is 1.57. The Balaban J connectivity index is 2.22. The van der Waals surface area contributed by atoms with Crippen LogP contribution < -0.4 is 4.74 Å². The van der Waals surface area contributed by atoms with Crippen LogP contribution in [0.2, 0.25) is 0 Å². The Morgan fingerprint density at radius 2 is 1.76 bits per heavy atom. The molecule has 0 aromatic heterocycles. The SMILES string of the molecule is Cc1cccc(C)c1COc1ccc(S(=O)(=O)Cl)cc1Br. The van der Waals surface area contributed by atoms with Gasteiger partial charge in [-0.05, 0) is 64.7 Å². The summed E-state index contributed by atoms with van der Waals surface area (Å²) in [4.78, 5) is 0.0375. The van der Waals surface area contributed by atoms with Crippen molar-refractivity contribution < 1.29 is 13.2 Å². The minimum atomic E-state index is -3.74. The normalized spacial score (nSPS) is 11.4. The molecule has 0 heterocycles. The zero-order chi connectivity index (χ0) is 15.6. The minimum absolute atomic E-state index is 0.0375. The van der Waals surface area contributed by atoms with Gasteiger partial charge in [0.1, 0.15) is 12.4 Å². The molecule has 0 amide bonds. The van der Waals surface area contributed by atoms with Crippen molar-refractivity contribution in [3.63, 3.8) is 0 Å². The first-order valence-corrected chi connectivity index (χ1v) is 9.31. The highest BCUT2D eigenvalue weighted by molar-refractivity contribution is 9.10. The van der Waals surface area contributed by atoms with Crippen LogP contribution in [0.5, 0.6) is 5.75 Å². The molecule has 0 saturated heterocycles. The zero-order valence-corrected chi connectivity index (χ0v) is 14.7. The average Bonchev–Trinajstić information content (AvgIpc) is 2.38. The summed E-state index contributed by atoms with van der Waals surface area (Å²) in [5.74, 6) is 0.571. The van der Waals surface area contributed by atoms with Crippen molar-refractivity contribution in [3.8, 4) is 5.75 Å². The van der Waals surface area contributed by atoms with Gasteiger partial charge in [-0.3, -0.25) is 0 Å². The van der Waals surface area contributed by atoms with Gasteiger partial charge in [-0.2, -0.15) is 0 Å². The van der Waals surface area contributed by atoms with Crippen molar-refractivity contribution in [2.45, 2.75) is 25.3 Å². The fraction of sp³-hybridized carbons (Fsp3) is 0.200. The Bertz CT molecular complexity index is 752. The van der Waals surface area contributed by atoms with Crippen molar-refractivity contribution >= 4 is 35.7 Å². The van der Waals surface area contributed by atoms with Crippen LogP contribution in [0.25, 0.3) is 0 Å². The molecule has 0 aliphatic carbocycles. The van der Waals surface area contributed by atoms with Crippen LogP contribution in [0.4, 0.5) is 0 Å². The van der Waals surface area contributed by atoms with Crippen molar-refractivity contribution in [2.24, 2.45) is 0 Å². The lowest BCUT2D eigenvalue weighted by Gasteiger charge is -2.13. The number of hydrogen-bond donors (Lipinski definition) is 0. The van der Waals surface area contributed by atoms with Gasteiger partial charge < -0.3 is 4.74 Å². The highest BCUT2D eigenvalue weighted by Crippen LogP contribution is 2.30. The summed E-state index contributed by atoms with van der Waals surface area (Å²) < 4.78 is 28.9. The Morgan fingerprint density at radius 3 is 2.29 bits per heavy atom. The summed E-state index contributed by atoms with van der Waals surface area (Å²) in [6.45, 7) is 4.48. The van der Waals surface area contributed by atoms with E-state index in [-0.39, 0.29) is 4.90 Å². The van der Waals surface area contributed by atoms with E-state index in [1.165, 1.54) is 12.1 Å². The molecule has 0 fully saturated rings. The van der Waals surface area contributed by atoms with E-state index in [1.54, 1.807) is 6.07 Å². The van der Waals surface area contributed by atoms with E-state index in [4.69, 9.17) is 15.4 Å². The smallest absolute Gasteiger partial charge is 0.261 e. The van der Waals surface area contributed by atoms with Crippen LogP contribution in [-0.2, 0) is 15.7 Å². The third-order valence-corrected chi connectivity index (χ3v) is 5.17. The summed E-state index contributed by atoms with van der Waals surface area (Å²) in [5.41, 5.74) is 3.44. The highest BCUT2D eigenvalue weighted by atomic mass is 79.9. The molecule has 21 heavy (non-hydrogen) atoms. The molecule has 0 atom stereocenters. The lowest BCUT2D eigenvalue weighted by Crippen LogP contribution is -2.01. The van der Waals surface area contributed by atoms with Crippen molar-refractivity contribution in [3.05, 3.63) is 57.6 Å². The number of halogens is 2. The Morgan fingerprint density at radius 1 is 1.14 bits per heavy atom. The molecule has 0 spiro atoms. The summed E-state index contributed by atoms with van der Waals surface area (Å²) >= 11 is 3.30. The minimum Gasteiger partial charge on any atom is -0.488 e. The predicted molar refractivity (Wildman–Crippen MR) is 87.4 cm³/mol. The molecule has 0 unspecified atom stereocenters. The molecule has 6 heteroatoms. The van der Waals surface area contributed by atoms with Gasteiger partial charge in [0.05, 0.1) is 9.37 Å². The molecule has 0 saturated carbocycles. The van der Waals surface area contributed by atoms with Gasteiger partial charge in [-0.15, -0.1) is 0 Å². The topological polar surface area (TPSA) is 43.4 Å². The standard InChI is InChI=1S/C15H14BrClO3S/c1-10-4-3-5-11(2)13(10)9-20-15-7-6-12(8-14(15)16)21(17,18)19/h3-8H,9H2,1-2H3. The van der Waals surface area contributed by atoms with E-state index in [0.29, 0.717) is 16.8 Å². The number of benzene rings is 2. The van der Waals surface area contributed by atoms with E-state index in [9.17, 15) is 8.42 Å². The van der Waals surface area contributed by atoms with Crippen LogP contribution >= 0.6 is 26.6 Å². The second-order valence-electron chi connectivity index (χ2n) is 4.69. The van der Waals surface area contributed by atoms with E-state index < -0.39 is 9.05 Å². The maximum atomic E-state index is 11.3. The van der Waals surface area contributed by atoms with Gasteiger partial charge >= 0.3 is 0 Å². The van der Waals surface area contributed by atoms with Gasteiger partial charge in [-0.25, -0.2) is 8.42 Å². The number of rotatable bonds is 4. The van der Waals surface area contributed by atoms with Gasteiger partial charge in [0.25, 0.3) is 9.05 Å². The second-order valence-corrected chi connectivity index (χ2v) is 8.11. The molecule has 3 nitrogen and oxygen atoms in total. The predicted octanol–water partition coefficient (Wildman–Crippen LogP) is 4.57. The van der Waals surface area contributed by atoms with Crippen molar-refractivity contribution in [2.75, 3.05) is 0 Å². The molecule has 0 bridgehead atoms. The van der Waals surface area contributed by atoms with Crippen LogP contribution in [0, 0.1) is 13.8 Å². The number of ether oxygens (including phenoxy) is 1. The van der Waals surface area contributed by atoms with E-state index in [2.05, 4.69) is 15.9 Å². The van der Waals surface area contributed by atoms with Crippen molar-refractivity contribution in [1.29, 1.82) is 0 Å². The maximum absolute atomic E-state index is 11.3. The molecule has 2 aromatic carbocycles. The van der Waals surface area contributed by atoms with Crippen LogP contribution in [0.1, 0.15) is 16.7 Å². The van der Waals surface area contributed by atoms with Crippen LogP contribution in [-0.4, -0.2) is 8.42 Å². The first-order chi connectivity index (χ1) is 9.79. The maximum Gasteiger partial charge on any atom is 0.261 e. The number of aryl methyl sites for hydroxylation is 2. The lowest BCUT2D eigenvalue weighted by atomic mass is 10.0. The molecule has 2 rings (SSSR count). The average molecular weight is 390 g/mol. The van der Waals surface area contributed by atoms with Gasteiger partial charge in [0, 0.05) is 10.7 Å². The van der Waals surface area contributed by atoms with Crippen molar-refractivity contribution in [1.82, 2.24) is 0 Å². The molecular formula is C15H14BrClO3S. The Kier molecular flexibility index (Phi) is 4.96. The highest BCUT2D eigenvalue weighted by Gasteiger charge is 2.13. The third-order valence-electron chi connectivity index (χ3n) is 3.20. The lowest BCUT2D eigenvalue weighted by molar-refractivity contribution is 0.302. The fourth-order valence-electron chi connectivity index (χ4n) is 1.98. The Hall–Kier alpha value is -1.04. The van der Waals surface area contributed by atoms with Gasteiger partial charge in [-0.1, -0.05) is 18.2 Å². The van der Waals surface area contributed by atoms with E-state index in [1.807, 2.05) is 32.0 Å². The second kappa shape index (κ2) is 6.38. The first-order valence-electron chi connectivity index (χ1n) is 6.21. The summed E-state index contributed by atoms with van der Waals surface area (Å²) in [5, 5.41) is 0. The summed E-state index contributed by atoms with van der Waals surface area (Å²) in [6.07, 6.45) is 0. The summed E-state index contributed by atoms with van der Waals surface area (Å²) in [6, 6.07) is 10.5. The number of hydrogen-bond acceptors (Lipinski definition) is 3. The molecule has 0 aliphatic rings. The first kappa shape index (κ1) is 16.3. The monoisotopic (exact) mass is 388 g/mol. The van der Waals surface area contributed by atoms with Gasteiger partial charge in [0.2, 0.25) is 0 Å². The molecule has 0 radical (unpaired) electrons. The van der Waals surface area contributed by atoms with E-state index in [0.717, 1.165) is 16.7 Å². The van der Waals surface area contributed by atoms with E-state index >= 15 is 0 Å². The molecule has 2 aromatic rings. The quantitative estimate of drug-likeness (QED) is 0.719. The zero-order valence-electron chi connectivity index (χ0n) is 11.6. The third kappa shape index (κ3) is 3.99. The molecule has 112 valence electrons. The molecule has 0 N–H and O–H groups in total. The van der Waals surface area contributed by atoms with Crippen LogP contribution in [0.3, 0.4) is 0 Å². The Labute approximate surface area is 137 Å². The van der Waals surface area contributed by atoms with Crippen LogP contribution in [0.15, 0.2) is 45.8 Å².